The third kappa shape index (κ3) is 4.07. The van der Waals surface area contributed by atoms with E-state index in [-0.39, 0.29) is 0 Å². The maximum absolute atomic E-state index is 2.37. The predicted octanol–water partition coefficient (Wildman–Crippen LogP) is 9.84. The molecule has 0 atom stereocenters. The van der Waals surface area contributed by atoms with Crippen molar-refractivity contribution in [3.8, 4) is 11.4 Å². The molecule has 36 heavy (non-hydrogen) atoms. The maximum Gasteiger partial charge on any atom is 0.103 e. The zero-order valence-electron chi connectivity index (χ0n) is 20.0. The monoisotopic (exact) mass is 523 g/mol. The number of nitrogens with zero attached hydrogens (tertiary/aromatic N) is 3. The number of hydrogen-bond acceptors (Lipinski definition) is 3. The first kappa shape index (κ1) is 22.9. The van der Waals surface area contributed by atoms with Crippen LogP contribution in [0.4, 0.5) is 0 Å². The lowest BCUT2D eigenvalue weighted by Crippen LogP contribution is -1.94. The van der Waals surface area contributed by atoms with Crippen molar-refractivity contribution in [2.75, 3.05) is 0 Å². The molecule has 6 heteroatoms. The van der Waals surface area contributed by atoms with E-state index in [1.807, 2.05) is 34.0 Å². The number of thiophene rings is 3. The Balaban J connectivity index is 1.84. The van der Waals surface area contributed by atoms with Crippen molar-refractivity contribution in [3.63, 3.8) is 0 Å². The number of aromatic nitrogens is 3. The minimum Gasteiger partial charge on any atom is -0.293 e. The highest BCUT2D eigenvalue weighted by Gasteiger charge is 2.11. The van der Waals surface area contributed by atoms with Crippen LogP contribution >= 0.6 is 34.0 Å². The average Bonchev–Trinajstić information content (AvgIpc) is 3.69. The average molecular weight is 524 g/mol. The first-order valence-electron chi connectivity index (χ1n) is 11.9. The molecule has 3 nitrogen and oxygen atoms in total. The summed E-state index contributed by atoms with van der Waals surface area (Å²) >= 11 is 5.43. The van der Waals surface area contributed by atoms with E-state index in [1.54, 1.807) is 0 Å². The summed E-state index contributed by atoms with van der Waals surface area (Å²) < 4.78 is 7.11. The highest BCUT2D eigenvalue weighted by molar-refractivity contribution is 7.25. The third-order valence-electron chi connectivity index (χ3n) is 5.98. The Labute approximate surface area is 222 Å². The molecule has 0 aliphatic rings. The summed E-state index contributed by atoms with van der Waals surface area (Å²) in [5, 5.41) is 0. The van der Waals surface area contributed by atoms with Crippen LogP contribution in [-0.2, 0) is 0 Å². The van der Waals surface area contributed by atoms with E-state index < -0.39 is 0 Å². The fourth-order valence-electron chi connectivity index (χ4n) is 4.39. The van der Waals surface area contributed by atoms with Gasteiger partial charge in [0.15, 0.2) is 0 Å². The molecule has 6 rings (SSSR count). The van der Waals surface area contributed by atoms with Gasteiger partial charge in [-0.3, -0.25) is 13.7 Å². The molecule has 2 aromatic carbocycles. The summed E-state index contributed by atoms with van der Waals surface area (Å²) in [4.78, 5) is 7.13. The van der Waals surface area contributed by atoms with Crippen molar-refractivity contribution in [2.45, 2.75) is 13.8 Å². The lowest BCUT2D eigenvalue weighted by atomic mass is 10.3. The van der Waals surface area contributed by atoms with Crippen LogP contribution in [0.2, 0.25) is 0 Å². The van der Waals surface area contributed by atoms with E-state index in [9.17, 15) is 0 Å². The summed E-state index contributed by atoms with van der Waals surface area (Å²) in [6.07, 6.45) is 6.46. The van der Waals surface area contributed by atoms with E-state index in [0.717, 1.165) is 17.1 Å². The largest absolute Gasteiger partial charge is 0.293 e. The minimum absolute atomic E-state index is 1.16. The molecule has 4 heterocycles. The third-order valence-corrected chi connectivity index (χ3v) is 9.14. The predicted molar refractivity (Wildman–Crippen MR) is 160 cm³/mol. The van der Waals surface area contributed by atoms with Gasteiger partial charge in [0.25, 0.3) is 0 Å². The van der Waals surface area contributed by atoms with E-state index in [1.165, 1.54) is 29.0 Å². The molecule has 0 aliphatic heterocycles. The van der Waals surface area contributed by atoms with Gasteiger partial charge in [0.2, 0.25) is 0 Å². The van der Waals surface area contributed by atoms with E-state index >= 15 is 0 Å². The van der Waals surface area contributed by atoms with Gasteiger partial charge in [-0.1, -0.05) is 82.6 Å². The highest BCUT2D eigenvalue weighted by Crippen LogP contribution is 2.34. The molecule has 0 saturated heterocycles. The summed E-state index contributed by atoms with van der Waals surface area (Å²) in [5.41, 5.74) is 3.47. The molecule has 0 amide bonds. The molecule has 4 aromatic heterocycles. The summed E-state index contributed by atoms with van der Waals surface area (Å²) in [6.45, 7) is 4.18. The van der Waals surface area contributed by atoms with Crippen LogP contribution in [0.1, 0.15) is 13.8 Å². The van der Waals surface area contributed by atoms with Gasteiger partial charge in [0.1, 0.15) is 29.0 Å². The van der Waals surface area contributed by atoms with Gasteiger partial charge in [-0.25, -0.2) is 0 Å². The normalized spacial score (nSPS) is 12.2. The standard InChI is InChI=1S/C30H25N3S3/c1-3-11-22(4-2)31-25-16-18-27(34-25)32(23-12-7-5-8-13-23)29-20-21-30(36-29)33(24-14-9-6-10-15-24)28-19-17-26(31)35-28/h3-21H,1-2H3. The van der Waals surface area contributed by atoms with Gasteiger partial charge < -0.3 is 0 Å². The van der Waals surface area contributed by atoms with Gasteiger partial charge in [-0.15, -0.1) is 0 Å². The van der Waals surface area contributed by atoms with Crippen LogP contribution in [0.5, 0.6) is 0 Å². The molecule has 0 N–H and O–H groups in total. The first-order valence-corrected chi connectivity index (χ1v) is 14.3. The fraction of sp³-hybridized carbons (Fsp3) is 0.0667. The Morgan fingerprint density at radius 2 is 0.917 bits per heavy atom. The Kier molecular flexibility index (Phi) is 6.23. The molecule has 6 bridgehead atoms. The van der Waals surface area contributed by atoms with Crippen molar-refractivity contribution in [1.82, 2.24) is 13.7 Å². The molecule has 178 valence electrons. The summed E-state index contributed by atoms with van der Waals surface area (Å²) in [6, 6.07) is 34.7. The molecule has 0 radical (unpaired) electrons. The molecule has 0 fully saturated rings. The first-order chi connectivity index (χ1) is 17.8. The lowest BCUT2D eigenvalue weighted by Gasteiger charge is -2.10. The molecule has 0 unspecified atom stereocenters. The van der Waals surface area contributed by atoms with Crippen molar-refractivity contribution < 1.29 is 0 Å². The Hall–Kier alpha value is -3.58. The minimum atomic E-state index is 1.16. The molecule has 0 spiro atoms. The number of hydrogen-bond donors (Lipinski definition) is 0. The smallest absolute Gasteiger partial charge is 0.103 e. The summed E-state index contributed by atoms with van der Waals surface area (Å²) in [7, 11) is 0. The van der Waals surface area contributed by atoms with Crippen molar-refractivity contribution in [2.24, 2.45) is 0 Å². The molecular formula is C30H25N3S3. The fourth-order valence-corrected chi connectivity index (χ4v) is 7.79. The topological polar surface area (TPSA) is 14.8 Å². The molecule has 0 saturated carbocycles. The number of rotatable bonds is 4. The van der Waals surface area contributed by atoms with Crippen LogP contribution in [0, 0.1) is 0 Å². The van der Waals surface area contributed by atoms with Crippen LogP contribution in [0.25, 0.3) is 46.1 Å². The number of fused-ring (bicyclic) bond motifs is 6. The SMILES string of the molecule is CC=CC(=CC)n1c2ccc(s2)n(-c2ccccc2)c2ccc(s2)n(-c2ccccc2)c2ccc1s2. The van der Waals surface area contributed by atoms with Gasteiger partial charge in [0, 0.05) is 17.1 Å². The van der Waals surface area contributed by atoms with Crippen molar-refractivity contribution in [3.05, 3.63) is 115 Å². The molecule has 6 aromatic rings. The maximum atomic E-state index is 2.37. The zero-order valence-corrected chi connectivity index (χ0v) is 22.5. The number of allylic oxidation sites excluding steroid dienone is 4. The van der Waals surface area contributed by atoms with E-state index in [2.05, 4.69) is 143 Å². The van der Waals surface area contributed by atoms with E-state index in [4.69, 9.17) is 0 Å². The Morgan fingerprint density at radius 1 is 0.528 bits per heavy atom. The summed E-state index contributed by atoms with van der Waals surface area (Å²) in [5.74, 6) is 0. The second-order valence-corrected chi connectivity index (χ2v) is 11.3. The molecule has 0 aliphatic carbocycles. The number of benzene rings is 2. The highest BCUT2D eigenvalue weighted by atomic mass is 32.1. The van der Waals surface area contributed by atoms with Crippen LogP contribution in [0.3, 0.4) is 0 Å². The van der Waals surface area contributed by atoms with E-state index in [0.29, 0.717) is 0 Å². The van der Waals surface area contributed by atoms with Gasteiger partial charge >= 0.3 is 0 Å². The zero-order chi connectivity index (χ0) is 24.5. The Morgan fingerprint density at radius 3 is 1.31 bits per heavy atom. The number of para-hydroxylation sites is 2. The van der Waals surface area contributed by atoms with Crippen LogP contribution < -0.4 is 0 Å². The van der Waals surface area contributed by atoms with Gasteiger partial charge in [0.05, 0.1) is 0 Å². The second-order valence-electron chi connectivity index (χ2n) is 8.23. The van der Waals surface area contributed by atoms with Gasteiger partial charge in [-0.05, 0) is 80.6 Å². The second kappa shape index (κ2) is 9.82. The van der Waals surface area contributed by atoms with Gasteiger partial charge in [-0.2, -0.15) is 0 Å². The lowest BCUT2D eigenvalue weighted by molar-refractivity contribution is 1.19. The Bertz CT molecular complexity index is 1680. The quantitative estimate of drug-likeness (QED) is 0.204. The van der Waals surface area contributed by atoms with Crippen LogP contribution in [-0.4, -0.2) is 13.7 Å². The van der Waals surface area contributed by atoms with Crippen LogP contribution in [0.15, 0.2) is 115 Å². The van der Waals surface area contributed by atoms with Crippen molar-refractivity contribution >= 4 is 68.7 Å². The molecular weight excluding hydrogens is 499 g/mol. The van der Waals surface area contributed by atoms with Crippen molar-refractivity contribution in [1.29, 1.82) is 0 Å².